The lowest BCUT2D eigenvalue weighted by Gasteiger charge is -2.06. The molecule has 0 bridgehead atoms. The van der Waals surface area contributed by atoms with Crippen molar-refractivity contribution in [2.75, 3.05) is 0 Å². The molecule has 0 aliphatic carbocycles. The van der Waals surface area contributed by atoms with Crippen molar-refractivity contribution in [3.05, 3.63) is 18.2 Å². The van der Waals surface area contributed by atoms with Gasteiger partial charge in [0.15, 0.2) is 0 Å². The molecule has 1 heterocycles. The molecule has 0 aliphatic heterocycles. The Morgan fingerprint density at radius 2 is 1.00 bits per heavy atom. The summed E-state index contributed by atoms with van der Waals surface area (Å²) in [4.78, 5) is 0. The van der Waals surface area contributed by atoms with Crippen molar-refractivity contribution in [2.45, 2.75) is 169 Å². The zero-order chi connectivity index (χ0) is 22.4. The minimum Gasteiger partial charge on any atom is -0.234 e. The van der Waals surface area contributed by atoms with E-state index in [0.29, 0.717) is 0 Å². The van der Waals surface area contributed by atoms with E-state index in [4.69, 9.17) is 0 Å². The highest BCUT2D eigenvalue weighted by Gasteiger charge is 2.15. The number of hydrogen-bond donors (Lipinski definition) is 0. The van der Waals surface area contributed by atoms with E-state index in [0.717, 1.165) is 0 Å². The predicted molar refractivity (Wildman–Crippen MR) is 138 cm³/mol. The van der Waals surface area contributed by atoms with Crippen LogP contribution in [0.5, 0.6) is 0 Å². The van der Waals surface area contributed by atoms with Gasteiger partial charge in [0.1, 0.15) is 12.4 Å². The van der Waals surface area contributed by atoms with E-state index < -0.39 is 0 Å². The van der Waals surface area contributed by atoms with E-state index in [1.807, 2.05) is 0 Å². The van der Waals surface area contributed by atoms with Crippen LogP contribution in [-0.2, 0) is 19.5 Å². The number of unbranched alkanes of at least 4 members (excludes halogenated alkanes) is 17. The molecule has 0 radical (unpaired) electrons. The molecule has 182 valence electrons. The van der Waals surface area contributed by atoms with E-state index in [9.17, 15) is 0 Å². The van der Waals surface area contributed by atoms with Crippen LogP contribution in [0, 0.1) is 0 Å². The Bertz CT molecular complexity index is 491. The Labute approximate surface area is 196 Å². The van der Waals surface area contributed by atoms with Crippen molar-refractivity contribution in [3.8, 4) is 0 Å². The summed E-state index contributed by atoms with van der Waals surface area (Å²) in [7, 11) is 0. The van der Waals surface area contributed by atoms with Gasteiger partial charge in [-0.1, -0.05) is 124 Å². The highest BCUT2D eigenvalue weighted by molar-refractivity contribution is 4.84. The summed E-state index contributed by atoms with van der Waals surface area (Å²) < 4.78 is 5.10. The summed E-state index contributed by atoms with van der Waals surface area (Å²) >= 11 is 0. The molecule has 0 unspecified atom stereocenters. The number of hydrogen-bond acceptors (Lipinski definition) is 0. The predicted octanol–water partition coefficient (Wildman–Crippen LogP) is 9.18. The van der Waals surface area contributed by atoms with Crippen LogP contribution in [0.25, 0.3) is 0 Å². The van der Waals surface area contributed by atoms with E-state index >= 15 is 0 Å². The van der Waals surface area contributed by atoms with E-state index in [-0.39, 0.29) is 0 Å². The topological polar surface area (TPSA) is 8.81 Å². The van der Waals surface area contributed by atoms with Gasteiger partial charge in [-0.25, -0.2) is 9.13 Å². The molecule has 1 aromatic heterocycles. The van der Waals surface area contributed by atoms with Gasteiger partial charge in [0.25, 0.3) is 5.82 Å². The lowest BCUT2D eigenvalue weighted by atomic mass is 10.1. The molecule has 0 saturated carbocycles. The quantitative estimate of drug-likeness (QED) is 0.120. The third-order valence-electron chi connectivity index (χ3n) is 6.81. The average molecular weight is 434 g/mol. The maximum atomic E-state index is 2.57. The number of aryl methyl sites for hydroxylation is 2. The van der Waals surface area contributed by atoms with Crippen molar-refractivity contribution >= 4 is 0 Å². The first kappa shape index (κ1) is 28.2. The van der Waals surface area contributed by atoms with Gasteiger partial charge in [-0.3, -0.25) is 0 Å². The molecular formula is C29H57N2+. The van der Waals surface area contributed by atoms with Gasteiger partial charge >= 0.3 is 0 Å². The second kappa shape index (κ2) is 21.1. The van der Waals surface area contributed by atoms with Crippen LogP contribution in [0.2, 0.25) is 0 Å². The molecule has 0 N–H and O–H groups in total. The van der Waals surface area contributed by atoms with E-state index in [2.05, 4.69) is 42.3 Å². The van der Waals surface area contributed by atoms with E-state index in [1.54, 1.807) is 5.82 Å². The van der Waals surface area contributed by atoms with Crippen molar-refractivity contribution in [2.24, 2.45) is 0 Å². The van der Waals surface area contributed by atoms with Gasteiger partial charge < -0.3 is 0 Å². The Morgan fingerprint density at radius 1 is 0.548 bits per heavy atom. The number of aromatic nitrogens is 2. The minimum absolute atomic E-state index is 1.18. The third-order valence-corrected chi connectivity index (χ3v) is 6.81. The van der Waals surface area contributed by atoms with Crippen molar-refractivity contribution < 1.29 is 4.57 Å². The van der Waals surface area contributed by atoms with Crippen LogP contribution >= 0.6 is 0 Å². The second-order valence-corrected chi connectivity index (χ2v) is 9.86. The first-order valence-electron chi connectivity index (χ1n) is 14.4. The lowest BCUT2D eigenvalue weighted by molar-refractivity contribution is -0.703. The van der Waals surface area contributed by atoms with Crippen LogP contribution in [0.15, 0.2) is 12.4 Å². The van der Waals surface area contributed by atoms with Crippen molar-refractivity contribution in [3.63, 3.8) is 0 Å². The Balaban J connectivity index is 2.15. The van der Waals surface area contributed by atoms with Gasteiger partial charge in [0.2, 0.25) is 0 Å². The van der Waals surface area contributed by atoms with E-state index in [1.165, 1.54) is 148 Å². The Kier molecular flexibility index (Phi) is 19.2. The summed E-state index contributed by atoms with van der Waals surface area (Å²) in [6, 6.07) is 0. The molecule has 2 heteroatoms. The normalized spacial score (nSPS) is 11.5. The SMILES string of the molecule is CCCCCCCCCCCCCCn1cc[n+](CCC)c1CCCCCCCCC. The first-order chi connectivity index (χ1) is 15.3. The lowest BCUT2D eigenvalue weighted by Crippen LogP contribution is -2.37. The highest BCUT2D eigenvalue weighted by atomic mass is 15.1. The molecule has 1 aromatic rings. The van der Waals surface area contributed by atoms with Gasteiger partial charge in [-0.05, 0) is 25.7 Å². The molecule has 0 aromatic carbocycles. The Hall–Kier alpha value is -0.790. The van der Waals surface area contributed by atoms with Crippen LogP contribution in [-0.4, -0.2) is 4.57 Å². The zero-order valence-corrected chi connectivity index (χ0v) is 21.8. The standard InChI is InChI=1S/C29H57N2/c1-4-7-9-11-13-14-15-16-17-19-21-23-26-31-28-27-30(25-6-3)29(31)24-22-20-18-12-10-8-5-2/h27-28H,4-26H2,1-3H3/q+1. The average Bonchev–Trinajstić information content (AvgIpc) is 3.15. The molecule has 0 aliphatic rings. The second-order valence-electron chi connectivity index (χ2n) is 9.86. The molecule has 31 heavy (non-hydrogen) atoms. The summed E-state index contributed by atoms with van der Waals surface area (Å²) in [5, 5.41) is 0. The molecule has 0 spiro atoms. The fraction of sp³-hybridized carbons (Fsp3) is 0.897. The minimum atomic E-state index is 1.18. The Morgan fingerprint density at radius 3 is 1.48 bits per heavy atom. The van der Waals surface area contributed by atoms with Gasteiger partial charge in [-0.2, -0.15) is 0 Å². The first-order valence-corrected chi connectivity index (χ1v) is 14.4. The highest BCUT2D eigenvalue weighted by Crippen LogP contribution is 2.13. The largest absolute Gasteiger partial charge is 0.256 e. The molecule has 0 amide bonds. The number of nitrogens with zero attached hydrogens (tertiary/aromatic N) is 2. The summed E-state index contributed by atoms with van der Waals surface area (Å²) in [6.07, 6.45) is 34.2. The summed E-state index contributed by atoms with van der Waals surface area (Å²) in [5.74, 6) is 1.58. The van der Waals surface area contributed by atoms with Crippen LogP contribution in [0.1, 0.15) is 155 Å². The zero-order valence-electron chi connectivity index (χ0n) is 21.8. The maximum absolute atomic E-state index is 2.57. The molecule has 1 rings (SSSR count). The van der Waals surface area contributed by atoms with Crippen LogP contribution in [0.3, 0.4) is 0 Å². The summed E-state index contributed by atoms with van der Waals surface area (Å²) in [5.41, 5.74) is 0. The maximum Gasteiger partial charge on any atom is 0.256 e. The molecule has 0 fully saturated rings. The van der Waals surface area contributed by atoms with Crippen molar-refractivity contribution in [1.82, 2.24) is 4.57 Å². The van der Waals surface area contributed by atoms with Gasteiger partial charge in [0.05, 0.1) is 13.1 Å². The third kappa shape index (κ3) is 14.8. The van der Waals surface area contributed by atoms with Gasteiger partial charge in [0, 0.05) is 6.42 Å². The fourth-order valence-corrected chi connectivity index (χ4v) is 4.80. The molecule has 2 nitrogen and oxygen atoms in total. The number of rotatable bonds is 23. The molecular weight excluding hydrogens is 376 g/mol. The molecule has 0 atom stereocenters. The molecule has 0 saturated heterocycles. The smallest absolute Gasteiger partial charge is 0.234 e. The van der Waals surface area contributed by atoms with Crippen LogP contribution < -0.4 is 4.57 Å². The van der Waals surface area contributed by atoms with Crippen molar-refractivity contribution in [1.29, 1.82) is 0 Å². The summed E-state index contributed by atoms with van der Waals surface area (Å²) in [6.45, 7) is 9.30. The fourth-order valence-electron chi connectivity index (χ4n) is 4.80. The van der Waals surface area contributed by atoms with Gasteiger partial charge in [-0.15, -0.1) is 0 Å². The monoisotopic (exact) mass is 433 g/mol. The van der Waals surface area contributed by atoms with Crippen LogP contribution in [0.4, 0.5) is 0 Å². The number of imidazole rings is 1.